The molecule has 0 aromatic carbocycles. The number of carbonyl (C=O) groups is 2. The molecular weight excluding hydrogens is 250 g/mol. The molecule has 0 aliphatic heterocycles. The summed E-state index contributed by atoms with van der Waals surface area (Å²) in [6.45, 7) is 2.23. The van der Waals surface area contributed by atoms with Crippen molar-refractivity contribution in [1.82, 2.24) is 5.32 Å². The number of ether oxygens (including phenoxy) is 1. The number of methoxy groups -OCH3 is 1. The summed E-state index contributed by atoms with van der Waals surface area (Å²) in [4.78, 5) is 22.8. The number of hydrogen-bond acceptors (Lipinski definition) is 4. The summed E-state index contributed by atoms with van der Waals surface area (Å²) >= 11 is 0. The first-order valence-corrected chi connectivity index (χ1v) is 6.19. The number of rotatable bonds is 8. The molecule has 6 heteroatoms. The van der Waals surface area contributed by atoms with E-state index in [-0.39, 0.29) is 12.4 Å². The zero-order valence-electron chi connectivity index (χ0n) is 11.1. The molecule has 0 saturated heterocycles. The second-order valence-corrected chi connectivity index (χ2v) is 4.21. The van der Waals surface area contributed by atoms with Gasteiger partial charge in [0.05, 0.1) is 0 Å². The van der Waals surface area contributed by atoms with Gasteiger partial charge < -0.3 is 19.6 Å². The summed E-state index contributed by atoms with van der Waals surface area (Å²) in [6, 6.07) is 2.24. The molecule has 1 rings (SSSR count). The van der Waals surface area contributed by atoms with Gasteiger partial charge in [-0.05, 0) is 18.6 Å². The number of aliphatic carboxylic acids is 1. The molecule has 0 fully saturated rings. The molecule has 1 heterocycles. The highest BCUT2D eigenvalue weighted by molar-refractivity contribution is 5.94. The van der Waals surface area contributed by atoms with Crippen LogP contribution in [-0.4, -0.2) is 30.1 Å². The van der Waals surface area contributed by atoms with E-state index in [0.717, 1.165) is 12.8 Å². The molecule has 1 atom stereocenters. The van der Waals surface area contributed by atoms with E-state index >= 15 is 0 Å². The number of nitrogens with one attached hydrogen (secondary N) is 1. The first-order chi connectivity index (χ1) is 9.08. The molecule has 0 radical (unpaired) electrons. The summed E-state index contributed by atoms with van der Waals surface area (Å²) in [6.07, 6.45) is 2.02. The minimum absolute atomic E-state index is 0.0924. The maximum atomic E-state index is 11.8. The van der Waals surface area contributed by atoms with Crippen LogP contribution >= 0.6 is 0 Å². The van der Waals surface area contributed by atoms with E-state index in [2.05, 4.69) is 5.32 Å². The number of unbranched alkanes of at least 4 members (excludes halogenated alkanes) is 1. The Balaban J connectivity index is 2.62. The molecular formula is C13H19NO5. The van der Waals surface area contributed by atoms with E-state index in [9.17, 15) is 9.59 Å². The van der Waals surface area contributed by atoms with E-state index in [1.54, 1.807) is 6.07 Å². The van der Waals surface area contributed by atoms with Crippen LogP contribution in [0.2, 0.25) is 0 Å². The Labute approximate surface area is 111 Å². The molecule has 0 unspecified atom stereocenters. The third-order valence-electron chi connectivity index (χ3n) is 2.62. The molecule has 2 N–H and O–H groups in total. The van der Waals surface area contributed by atoms with Crippen LogP contribution in [0.1, 0.15) is 42.5 Å². The van der Waals surface area contributed by atoms with Crippen molar-refractivity contribution >= 4 is 11.9 Å². The molecule has 0 aliphatic rings. The average Bonchev–Trinajstić information content (AvgIpc) is 2.83. The van der Waals surface area contributed by atoms with E-state index in [1.807, 2.05) is 6.92 Å². The molecule has 1 amide bonds. The number of amides is 1. The first kappa shape index (κ1) is 15.2. The van der Waals surface area contributed by atoms with Crippen LogP contribution in [-0.2, 0) is 16.1 Å². The van der Waals surface area contributed by atoms with Crippen LogP contribution in [0.3, 0.4) is 0 Å². The third kappa shape index (κ3) is 4.75. The monoisotopic (exact) mass is 269 g/mol. The van der Waals surface area contributed by atoms with Crippen LogP contribution < -0.4 is 5.32 Å². The van der Waals surface area contributed by atoms with Gasteiger partial charge in [-0.3, -0.25) is 4.79 Å². The Morgan fingerprint density at radius 2 is 2.21 bits per heavy atom. The minimum Gasteiger partial charge on any atom is -0.480 e. The minimum atomic E-state index is -1.04. The normalized spacial score (nSPS) is 12.1. The maximum absolute atomic E-state index is 11.8. The van der Waals surface area contributed by atoms with Crippen molar-refractivity contribution < 1.29 is 23.8 Å². The average molecular weight is 269 g/mol. The molecule has 19 heavy (non-hydrogen) atoms. The Morgan fingerprint density at radius 1 is 1.47 bits per heavy atom. The van der Waals surface area contributed by atoms with Crippen LogP contribution in [0.15, 0.2) is 16.5 Å². The van der Waals surface area contributed by atoms with Crippen LogP contribution in [0.5, 0.6) is 0 Å². The number of carbonyl (C=O) groups excluding carboxylic acids is 1. The summed E-state index contributed by atoms with van der Waals surface area (Å²) < 4.78 is 10.1. The fourth-order valence-electron chi connectivity index (χ4n) is 1.61. The Kier molecular flexibility index (Phi) is 6.08. The van der Waals surface area contributed by atoms with Gasteiger partial charge in [0.1, 0.15) is 18.4 Å². The molecule has 6 nitrogen and oxygen atoms in total. The van der Waals surface area contributed by atoms with Gasteiger partial charge in [0.2, 0.25) is 0 Å². The summed E-state index contributed by atoms with van der Waals surface area (Å²) in [5.74, 6) is -0.945. The highest BCUT2D eigenvalue weighted by atomic mass is 16.5. The molecule has 106 valence electrons. The van der Waals surface area contributed by atoms with Gasteiger partial charge in [-0.1, -0.05) is 19.8 Å². The van der Waals surface area contributed by atoms with Crippen molar-refractivity contribution in [3.63, 3.8) is 0 Å². The maximum Gasteiger partial charge on any atom is 0.326 e. The molecule has 1 aromatic heterocycles. The summed E-state index contributed by atoms with van der Waals surface area (Å²) in [7, 11) is 1.52. The van der Waals surface area contributed by atoms with Gasteiger partial charge in [-0.2, -0.15) is 0 Å². The van der Waals surface area contributed by atoms with Crippen LogP contribution in [0.4, 0.5) is 0 Å². The molecule has 0 bridgehead atoms. The van der Waals surface area contributed by atoms with Gasteiger partial charge in [0.15, 0.2) is 5.76 Å². The SMILES string of the molecule is CCCC[C@H](NC(=O)c1ccc(COC)o1)C(=O)O. The number of furan rings is 1. The zero-order chi connectivity index (χ0) is 14.3. The van der Waals surface area contributed by atoms with Crippen LogP contribution in [0, 0.1) is 0 Å². The quantitative estimate of drug-likeness (QED) is 0.751. The largest absolute Gasteiger partial charge is 0.480 e. The van der Waals surface area contributed by atoms with Crippen LogP contribution in [0.25, 0.3) is 0 Å². The van der Waals surface area contributed by atoms with E-state index in [0.29, 0.717) is 12.2 Å². The second-order valence-electron chi connectivity index (χ2n) is 4.21. The molecule has 0 saturated carbocycles. The highest BCUT2D eigenvalue weighted by Crippen LogP contribution is 2.10. The topological polar surface area (TPSA) is 88.8 Å². The number of carboxylic acid groups (broad SMARTS) is 1. The lowest BCUT2D eigenvalue weighted by molar-refractivity contribution is -0.139. The van der Waals surface area contributed by atoms with Gasteiger partial charge in [-0.15, -0.1) is 0 Å². The third-order valence-corrected chi connectivity index (χ3v) is 2.62. The van der Waals surface area contributed by atoms with E-state index in [4.69, 9.17) is 14.3 Å². The van der Waals surface area contributed by atoms with E-state index in [1.165, 1.54) is 13.2 Å². The summed E-state index contributed by atoms with van der Waals surface area (Å²) in [5.41, 5.74) is 0. The standard InChI is InChI=1S/C13H19NO5/c1-3-4-5-10(13(16)17)14-12(15)11-7-6-9(19-11)8-18-2/h6-7,10H,3-5,8H2,1-2H3,(H,14,15)(H,16,17)/t10-/m0/s1. The van der Waals surface area contributed by atoms with Crippen molar-refractivity contribution in [2.75, 3.05) is 7.11 Å². The second kappa shape index (κ2) is 7.58. The lowest BCUT2D eigenvalue weighted by Gasteiger charge is -2.12. The van der Waals surface area contributed by atoms with Gasteiger partial charge in [0, 0.05) is 7.11 Å². The Bertz CT molecular complexity index is 426. The molecule has 0 spiro atoms. The Morgan fingerprint density at radius 3 is 2.79 bits per heavy atom. The van der Waals surface area contributed by atoms with Crippen molar-refractivity contribution in [3.05, 3.63) is 23.7 Å². The lowest BCUT2D eigenvalue weighted by Crippen LogP contribution is -2.40. The van der Waals surface area contributed by atoms with Crippen molar-refractivity contribution in [2.45, 2.75) is 38.8 Å². The lowest BCUT2D eigenvalue weighted by atomic mass is 10.1. The fraction of sp³-hybridized carbons (Fsp3) is 0.538. The van der Waals surface area contributed by atoms with Gasteiger partial charge in [-0.25, -0.2) is 4.79 Å². The fourth-order valence-corrected chi connectivity index (χ4v) is 1.61. The summed E-state index contributed by atoms with van der Waals surface area (Å²) in [5, 5.41) is 11.5. The number of hydrogen-bond donors (Lipinski definition) is 2. The predicted octanol–water partition coefficient (Wildman–Crippen LogP) is 1.80. The van der Waals surface area contributed by atoms with Crippen molar-refractivity contribution in [3.8, 4) is 0 Å². The molecule has 1 aromatic rings. The van der Waals surface area contributed by atoms with E-state index < -0.39 is 17.9 Å². The van der Waals surface area contributed by atoms with Crippen molar-refractivity contribution in [2.24, 2.45) is 0 Å². The smallest absolute Gasteiger partial charge is 0.326 e. The number of carboxylic acids is 1. The highest BCUT2D eigenvalue weighted by Gasteiger charge is 2.21. The Hall–Kier alpha value is -1.82. The van der Waals surface area contributed by atoms with Gasteiger partial charge >= 0.3 is 5.97 Å². The van der Waals surface area contributed by atoms with Gasteiger partial charge in [0.25, 0.3) is 5.91 Å². The predicted molar refractivity (Wildman–Crippen MR) is 67.8 cm³/mol. The zero-order valence-corrected chi connectivity index (χ0v) is 11.1. The van der Waals surface area contributed by atoms with Crippen molar-refractivity contribution in [1.29, 1.82) is 0 Å². The molecule has 0 aliphatic carbocycles. The first-order valence-electron chi connectivity index (χ1n) is 6.19.